The molecule has 0 saturated carbocycles. The third-order valence-electron chi connectivity index (χ3n) is 2.65. The van der Waals surface area contributed by atoms with E-state index in [1.54, 1.807) is 6.07 Å². The maximum Gasteiger partial charge on any atom is 0.255 e. The SMILES string of the molecule is CCOC(C)(C)CNC(=O)c1cnc(C)cc1NN. The van der Waals surface area contributed by atoms with E-state index in [-0.39, 0.29) is 5.91 Å². The molecule has 1 aromatic heterocycles. The number of carbonyl (C=O) groups excluding carboxylic acids is 1. The van der Waals surface area contributed by atoms with Gasteiger partial charge in [-0.05, 0) is 33.8 Å². The van der Waals surface area contributed by atoms with Gasteiger partial charge in [-0.15, -0.1) is 0 Å². The molecular formula is C13H22N4O2. The number of aryl methyl sites for hydroxylation is 1. The molecule has 6 heteroatoms. The van der Waals surface area contributed by atoms with Crippen molar-refractivity contribution in [2.24, 2.45) is 5.84 Å². The van der Waals surface area contributed by atoms with Gasteiger partial charge in [-0.1, -0.05) is 0 Å². The Hall–Kier alpha value is -1.66. The summed E-state index contributed by atoms with van der Waals surface area (Å²) < 4.78 is 5.52. The lowest BCUT2D eigenvalue weighted by Crippen LogP contribution is -2.40. The number of nitrogens with two attached hydrogens (primary N) is 1. The number of rotatable bonds is 6. The lowest BCUT2D eigenvalue weighted by atomic mass is 10.1. The molecule has 0 bridgehead atoms. The van der Waals surface area contributed by atoms with Crippen LogP contribution in [0.4, 0.5) is 5.69 Å². The Bertz CT molecular complexity index is 446. The Kier molecular flexibility index (Phi) is 5.26. The number of aromatic nitrogens is 1. The Morgan fingerprint density at radius 1 is 1.53 bits per heavy atom. The number of pyridine rings is 1. The quantitative estimate of drug-likeness (QED) is 0.532. The summed E-state index contributed by atoms with van der Waals surface area (Å²) in [5, 5.41) is 2.82. The first kappa shape index (κ1) is 15.4. The van der Waals surface area contributed by atoms with Crippen LogP contribution in [0.3, 0.4) is 0 Å². The maximum atomic E-state index is 12.1. The molecule has 0 unspecified atom stereocenters. The smallest absolute Gasteiger partial charge is 0.255 e. The number of nitrogens with zero attached hydrogens (tertiary/aromatic N) is 1. The minimum atomic E-state index is -0.404. The minimum absolute atomic E-state index is 0.228. The number of carbonyl (C=O) groups is 1. The predicted octanol–water partition coefficient (Wildman–Crippen LogP) is 1.22. The molecule has 1 amide bonds. The molecular weight excluding hydrogens is 244 g/mol. The monoisotopic (exact) mass is 266 g/mol. The normalized spacial score (nSPS) is 11.2. The second kappa shape index (κ2) is 6.49. The van der Waals surface area contributed by atoms with Crippen LogP contribution >= 0.6 is 0 Å². The average molecular weight is 266 g/mol. The highest BCUT2D eigenvalue weighted by Gasteiger charge is 2.20. The summed E-state index contributed by atoms with van der Waals surface area (Å²) in [5.74, 6) is 5.18. The van der Waals surface area contributed by atoms with Gasteiger partial charge in [0.05, 0.1) is 16.9 Å². The lowest BCUT2D eigenvalue weighted by molar-refractivity contribution is -0.00815. The van der Waals surface area contributed by atoms with Gasteiger partial charge < -0.3 is 15.5 Å². The molecule has 0 aliphatic carbocycles. The first-order valence-electron chi connectivity index (χ1n) is 6.25. The molecule has 4 N–H and O–H groups in total. The lowest BCUT2D eigenvalue weighted by Gasteiger charge is -2.25. The Labute approximate surface area is 113 Å². The van der Waals surface area contributed by atoms with E-state index >= 15 is 0 Å². The fourth-order valence-corrected chi connectivity index (χ4v) is 1.69. The van der Waals surface area contributed by atoms with Gasteiger partial charge in [-0.3, -0.25) is 15.6 Å². The zero-order valence-electron chi connectivity index (χ0n) is 11.9. The Morgan fingerprint density at radius 2 is 2.21 bits per heavy atom. The zero-order valence-corrected chi connectivity index (χ0v) is 11.9. The van der Waals surface area contributed by atoms with Crippen LogP contribution in [0.1, 0.15) is 36.8 Å². The average Bonchev–Trinajstić information content (AvgIpc) is 2.35. The van der Waals surface area contributed by atoms with Crippen LogP contribution in [0.2, 0.25) is 0 Å². The van der Waals surface area contributed by atoms with Gasteiger partial charge >= 0.3 is 0 Å². The van der Waals surface area contributed by atoms with E-state index in [1.807, 2.05) is 27.7 Å². The van der Waals surface area contributed by atoms with Crippen molar-refractivity contribution in [1.29, 1.82) is 0 Å². The van der Waals surface area contributed by atoms with Crippen LogP contribution in [0, 0.1) is 6.92 Å². The zero-order chi connectivity index (χ0) is 14.5. The van der Waals surface area contributed by atoms with Crippen molar-refractivity contribution < 1.29 is 9.53 Å². The largest absolute Gasteiger partial charge is 0.374 e. The number of amides is 1. The molecule has 6 nitrogen and oxygen atoms in total. The van der Waals surface area contributed by atoms with E-state index in [2.05, 4.69) is 15.7 Å². The van der Waals surface area contributed by atoms with E-state index in [9.17, 15) is 4.79 Å². The summed E-state index contributed by atoms with van der Waals surface area (Å²) in [6.07, 6.45) is 1.51. The van der Waals surface area contributed by atoms with Crippen LogP contribution in [0.5, 0.6) is 0 Å². The molecule has 0 radical (unpaired) electrons. The molecule has 1 heterocycles. The second-order valence-corrected chi connectivity index (χ2v) is 4.89. The van der Waals surface area contributed by atoms with Gasteiger partial charge in [0, 0.05) is 25.0 Å². The van der Waals surface area contributed by atoms with Crippen molar-refractivity contribution >= 4 is 11.6 Å². The molecule has 106 valence electrons. The summed E-state index contributed by atoms with van der Waals surface area (Å²) in [4.78, 5) is 16.2. The van der Waals surface area contributed by atoms with E-state index in [4.69, 9.17) is 10.6 Å². The fraction of sp³-hybridized carbons (Fsp3) is 0.538. The number of anilines is 1. The van der Waals surface area contributed by atoms with Crippen LogP contribution in [-0.2, 0) is 4.74 Å². The number of nitrogen functional groups attached to an aromatic ring is 1. The summed E-state index contributed by atoms with van der Waals surface area (Å²) in [5.41, 5.74) is 3.87. The van der Waals surface area contributed by atoms with E-state index in [1.165, 1.54) is 6.20 Å². The number of nitrogens with one attached hydrogen (secondary N) is 2. The molecule has 0 atom stereocenters. The summed E-state index contributed by atoms with van der Waals surface area (Å²) >= 11 is 0. The molecule has 0 spiro atoms. The molecule has 0 aromatic carbocycles. The van der Waals surface area contributed by atoms with Crippen molar-refractivity contribution in [1.82, 2.24) is 10.3 Å². The van der Waals surface area contributed by atoms with E-state index < -0.39 is 5.60 Å². The summed E-state index contributed by atoms with van der Waals surface area (Å²) in [6.45, 7) is 8.62. The second-order valence-electron chi connectivity index (χ2n) is 4.89. The highest BCUT2D eigenvalue weighted by atomic mass is 16.5. The fourth-order valence-electron chi connectivity index (χ4n) is 1.69. The van der Waals surface area contributed by atoms with Gasteiger partial charge in [0.15, 0.2) is 0 Å². The molecule has 1 rings (SSSR count). The van der Waals surface area contributed by atoms with Crippen LogP contribution < -0.4 is 16.6 Å². The summed E-state index contributed by atoms with van der Waals surface area (Å²) in [6, 6.07) is 1.72. The van der Waals surface area contributed by atoms with E-state index in [0.717, 1.165) is 5.69 Å². The number of hydrogen-bond acceptors (Lipinski definition) is 5. The van der Waals surface area contributed by atoms with Crippen molar-refractivity contribution in [2.75, 3.05) is 18.6 Å². The third kappa shape index (κ3) is 4.50. The van der Waals surface area contributed by atoms with Gasteiger partial charge in [0.2, 0.25) is 0 Å². The minimum Gasteiger partial charge on any atom is -0.374 e. The molecule has 1 aromatic rings. The van der Waals surface area contributed by atoms with Gasteiger partial charge in [-0.2, -0.15) is 0 Å². The molecule has 19 heavy (non-hydrogen) atoms. The molecule has 0 saturated heterocycles. The van der Waals surface area contributed by atoms with Crippen molar-refractivity contribution in [3.63, 3.8) is 0 Å². The molecule has 0 fully saturated rings. The van der Waals surface area contributed by atoms with Crippen LogP contribution in [0.15, 0.2) is 12.3 Å². The first-order chi connectivity index (χ1) is 8.89. The van der Waals surface area contributed by atoms with Crippen molar-refractivity contribution in [2.45, 2.75) is 33.3 Å². The van der Waals surface area contributed by atoms with Crippen LogP contribution in [0.25, 0.3) is 0 Å². The van der Waals surface area contributed by atoms with Gasteiger partial charge in [0.1, 0.15) is 0 Å². The van der Waals surface area contributed by atoms with Crippen molar-refractivity contribution in [3.8, 4) is 0 Å². The van der Waals surface area contributed by atoms with Crippen LogP contribution in [-0.4, -0.2) is 29.6 Å². The Morgan fingerprint density at radius 3 is 2.79 bits per heavy atom. The maximum absolute atomic E-state index is 12.1. The van der Waals surface area contributed by atoms with Crippen molar-refractivity contribution in [3.05, 3.63) is 23.5 Å². The standard InChI is InChI=1S/C13H22N4O2/c1-5-19-13(3,4)8-16-12(18)10-7-15-9(2)6-11(10)17-14/h6-7H,5,8,14H2,1-4H3,(H,15,17)(H,16,18). The summed E-state index contributed by atoms with van der Waals surface area (Å²) in [7, 11) is 0. The highest BCUT2D eigenvalue weighted by Crippen LogP contribution is 2.15. The third-order valence-corrected chi connectivity index (χ3v) is 2.65. The number of ether oxygens (including phenoxy) is 1. The van der Waals surface area contributed by atoms with E-state index in [0.29, 0.717) is 24.4 Å². The predicted molar refractivity (Wildman–Crippen MR) is 74.8 cm³/mol. The first-order valence-corrected chi connectivity index (χ1v) is 6.25. The van der Waals surface area contributed by atoms with Gasteiger partial charge in [-0.25, -0.2) is 0 Å². The number of hydrazine groups is 1. The molecule has 0 aliphatic heterocycles. The Balaban J connectivity index is 2.74. The molecule has 0 aliphatic rings. The van der Waals surface area contributed by atoms with Gasteiger partial charge in [0.25, 0.3) is 5.91 Å². The highest BCUT2D eigenvalue weighted by molar-refractivity contribution is 5.99. The number of hydrogen-bond donors (Lipinski definition) is 3. The topological polar surface area (TPSA) is 89.3 Å².